The molecule has 0 bridgehead atoms. The van der Waals surface area contributed by atoms with Crippen LogP contribution in [0.2, 0.25) is 5.02 Å². The summed E-state index contributed by atoms with van der Waals surface area (Å²) in [6, 6.07) is 6.39. The summed E-state index contributed by atoms with van der Waals surface area (Å²) in [5.74, 6) is -1.11. The van der Waals surface area contributed by atoms with Crippen LogP contribution in [0.4, 0.5) is 0 Å². The number of ether oxygens (including phenoxy) is 1. The number of nitriles is 1. The van der Waals surface area contributed by atoms with E-state index in [2.05, 4.69) is 11.4 Å². The molecule has 0 fully saturated rings. The Morgan fingerprint density at radius 3 is 2.64 bits per heavy atom. The van der Waals surface area contributed by atoms with E-state index in [9.17, 15) is 9.59 Å². The number of carbonyl (C=O) groups is 2. The van der Waals surface area contributed by atoms with E-state index in [0.29, 0.717) is 5.02 Å². The normalized spacial score (nSPS) is 13.1. The Balaban J connectivity index is 2.79. The molecule has 0 radical (unpaired) electrons. The van der Waals surface area contributed by atoms with Crippen LogP contribution in [-0.2, 0) is 4.79 Å². The van der Waals surface area contributed by atoms with Gasteiger partial charge >= 0.3 is 0 Å². The number of rotatable bonds is 6. The lowest BCUT2D eigenvalue weighted by atomic mass is 9.90. The Kier molecular flexibility index (Phi) is 5.77. The van der Waals surface area contributed by atoms with Gasteiger partial charge in [0.1, 0.15) is 11.3 Å². The zero-order chi connectivity index (χ0) is 16.9. The number of nitrogens with zero attached hydrogens (tertiary/aromatic N) is 1. The molecule has 3 N–H and O–H groups in total. The second-order valence-electron chi connectivity index (χ2n) is 5.31. The zero-order valence-electron chi connectivity index (χ0n) is 12.6. The van der Waals surface area contributed by atoms with Gasteiger partial charge in [-0.3, -0.25) is 9.59 Å². The third-order valence-corrected chi connectivity index (χ3v) is 3.59. The number of nitrogens with one attached hydrogen (secondary N) is 1. The lowest BCUT2D eigenvalue weighted by Crippen LogP contribution is -2.50. The molecule has 2 amide bonds. The van der Waals surface area contributed by atoms with Crippen molar-refractivity contribution in [2.45, 2.75) is 26.3 Å². The van der Waals surface area contributed by atoms with E-state index < -0.39 is 17.4 Å². The average molecular weight is 324 g/mol. The Labute approximate surface area is 134 Å². The molecule has 0 saturated heterocycles. The van der Waals surface area contributed by atoms with Gasteiger partial charge in [0.05, 0.1) is 11.6 Å². The number of amides is 2. The molecule has 1 aromatic carbocycles. The molecule has 0 heterocycles. The molecule has 118 valence electrons. The molecule has 6 nitrogen and oxygen atoms in total. The van der Waals surface area contributed by atoms with Gasteiger partial charge in [-0.2, -0.15) is 5.26 Å². The minimum atomic E-state index is -0.999. The van der Waals surface area contributed by atoms with Crippen molar-refractivity contribution in [3.8, 4) is 11.8 Å². The molecule has 0 aliphatic rings. The van der Waals surface area contributed by atoms with Gasteiger partial charge in [-0.25, -0.2) is 0 Å². The van der Waals surface area contributed by atoms with Gasteiger partial charge in [0.2, 0.25) is 0 Å². The highest BCUT2D eigenvalue weighted by atomic mass is 35.5. The largest absolute Gasteiger partial charge is 0.483 e. The number of halogens is 1. The molecular formula is C15H18ClN3O3. The molecule has 0 spiro atoms. The monoisotopic (exact) mass is 323 g/mol. The average Bonchev–Trinajstić information content (AvgIpc) is 2.44. The highest BCUT2D eigenvalue weighted by molar-refractivity contribution is 6.30. The highest BCUT2D eigenvalue weighted by Gasteiger charge is 2.30. The first-order valence-electron chi connectivity index (χ1n) is 6.64. The van der Waals surface area contributed by atoms with Crippen LogP contribution in [0.3, 0.4) is 0 Å². The van der Waals surface area contributed by atoms with Crippen LogP contribution in [0.5, 0.6) is 5.75 Å². The van der Waals surface area contributed by atoms with Crippen molar-refractivity contribution < 1.29 is 14.3 Å². The predicted octanol–water partition coefficient (Wildman–Crippen LogP) is 1.87. The summed E-state index contributed by atoms with van der Waals surface area (Å²) >= 11 is 5.83. The minimum Gasteiger partial charge on any atom is -0.483 e. The molecule has 1 atom stereocenters. The molecule has 1 aromatic rings. The molecule has 0 aromatic heterocycles. The molecule has 0 saturated carbocycles. The number of benzene rings is 1. The Morgan fingerprint density at radius 2 is 2.14 bits per heavy atom. The molecule has 0 aliphatic carbocycles. The second kappa shape index (κ2) is 7.14. The van der Waals surface area contributed by atoms with Crippen LogP contribution >= 0.6 is 11.6 Å². The molecular weight excluding hydrogens is 306 g/mol. The van der Waals surface area contributed by atoms with E-state index in [1.54, 1.807) is 6.92 Å². The third kappa shape index (κ3) is 4.37. The Hall–Kier alpha value is -2.26. The zero-order valence-corrected chi connectivity index (χ0v) is 13.4. The topological polar surface area (TPSA) is 105 Å². The van der Waals surface area contributed by atoms with Gasteiger partial charge in [-0.15, -0.1) is 0 Å². The molecule has 1 rings (SSSR count). The van der Waals surface area contributed by atoms with Crippen molar-refractivity contribution in [2.24, 2.45) is 11.7 Å². The van der Waals surface area contributed by atoms with Crippen LogP contribution < -0.4 is 15.8 Å². The smallest absolute Gasteiger partial charge is 0.259 e. The fourth-order valence-corrected chi connectivity index (χ4v) is 1.75. The fourth-order valence-electron chi connectivity index (χ4n) is 1.59. The first kappa shape index (κ1) is 17.8. The first-order valence-corrected chi connectivity index (χ1v) is 7.02. The summed E-state index contributed by atoms with van der Waals surface area (Å²) in [6.07, 6.45) is 0. The van der Waals surface area contributed by atoms with Crippen molar-refractivity contribution in [3.63, 3.8) is 0 Å². The SMILES string of the molecule is CC(C)[C@](C)(C#N)NC(=O)COc1cc(Cl)ccc1C(N)=O. The summed E-state index contributed by atoms with van der Waals surface area (Å²) < 4.78 is 5.30. The minimum absolute atomic E-state index is 0.0752. The molecule has 22 heavy (non-hydrogen) atoms. The van der Waals surface area contributed by atoms with E-state index in [-0.39, 0.29) is 23.8 Å². The lowest BCUT2D eigenvalue weighted by molar-refractivity contribution is -0.124. The number of nitrogens with two attached hydrogens (primary N) is 1. The quantitative estimate of drug-likeness (QED) is 0.833. The van der Waals surface area contributed by atoms with E-state index in [1.807, 2.05) is 13.8 Å². The highest BCUT2D eigenvalue weighted by Crippen LogP contribution is 2.23. The van der Waals surface area contributed by atoms with E-state index in [1.165, 1.54) is 18.2 Å². The summed E-state index contributed by atoms with van der Waals surface area (Å²) in [5, 5.41) is 12.1. The van der Waals surface area contributed by atoms with Crippen LogP contribution in [0.15, 0.2) is 18.2 Å². The van der Waals surface area contributed by atoms with Gasteiger partial charge in [-0.05, 0) is 31.0 Å². The van der Waals surface area contributed by atoms with E-state index in [0.717, 1.165) is 0 Å². The van der Waals surface area contributed by atoms with Gasteiger partial charge < -0.3 is 15.8 Å². The summed E-state index contributed by atoms with van der Waals surface area (Å²) in [5.41, 5.74) is 4.36. The maximum atomic E-state index is 11.9. The molecule has 0 aliphatic heterocycles. The fraction of sp³-hybridized carbons (Fsp3) is 0.400. The summed E-state index contributed by atoms with van der Waals surface area (Å²) in [4.78, 5) is 23.2. The van der Waals surface area contributed by atoms with E-state index in [4.69, 9.17) is 27.3 Å². The van der Waals surface area contributed by atoms with Crippen molar-refractivity contribution in [2.75, 3.05) is 6.61 Å². The maximum Gasteiger partial charge on any atom is 0.259 e. The van der Waals surface area contributed by atoms with Crippen molar-refractivity contribution in [3.05, 3.63) is 28.8 Å². The lowest BCUT2D eigenvalue weighted by Gasteiger charge is -2.27. The van der Waals surface area contributed by atoms with Crippen LogP contribution in [-0.4, -0.2) is 24.0 Å². The predicted molar refractivity (Wildman–Crippen MR) is 82.5 cm³/mol. The Morgan fingerprint density at radius 1 is 1.50 bits per heavy atom. The van der Waals surface area contributed by atoms with Crippen molar-refractivity contribution in [1.82, 2.24) is 5.32 Å². The summed E-state index contributed by atoms with van der Waals surface area (Å²) in [6.45, 7) is 4.92. The number of primary amides is 1. The van der Waals surface area contributed by atoms with Crippen molar-refractivity contribution in [1.29, 1.82) is 5.26 Å². The Bertz CT molecular complexity index is 625. The summed E-state index contributed by atoms with van der Waals surface area (Å²) in [7, 11) is 0. The van der Waals surface area contributed by atoms with Gasteiger partial charge in [0, 0.05) is 5.02 Å². The number of hydrogen-bond acceptors (Lipinski definition) is 4. The first-order chi connectivity index (χ1) is 10.2. The maximum absolute atomic E-state index is 11.9. The van der Waals surface area contributed by atoms with Gasteiger partial charge in [-0.1, -0.05) is 25.4 Å². The van der Waals surface area contributed by atoms with Crippen LogP contribution in [0.1, 0.15) is 31.1 Å². The van der Waals surface area contributed by atoms with Crippen LogP contribution in [0.25, 0.3) is 0 Å². The third-order valence-electron chi connectivity index (χ3n) is 3.35. The second-order valence-corrected chi connectivity index (χ2v) is 5.75. The number of hydrogen-bond donors (Lipinski definition) is 2. The van der Waals surface area contributed by atoms with E-state index >= 15 is 0 Å². The standard InChI is InChI=1S/C15H18ClN3O3/c1-9(2)15(3,8-17)19-13(20)7-22-12-6-10(16)4-5-11(12)14(18)21/h4-6,9H,7H2,1-3H3,(H2,18,21)(H,19,20)/t15-/m0/s1. The number of carbonyl (C=O) groups excluding carboxylic acids is 2. The van der Waals surface area contributed by atoms with Crippen molar-refractivity contribution >= 4 is 23.4 Å². The molecule has 7 heteroatoms. The van der Waals surface area contributed by atoms with Gasteiger partial charge in [0.15, 0.2) is 6.61 Å². The van der Waals surface area contributed by atoms with Crippen LogP contribution in [0, 0.1) is 17.2 Å². The van der Waals surface area contributed by atoms with Gasteiger partial charge in [0.25, 0.3) is 11.8 Å². The molecule has 0 unspecified atom stereocenters.